The number of carbonyl (C=O) groups is 2. The third-order valence-corrected chi connectivity index (χ3v) is 5.26. The van der Waals surface area contributed by atoms with Gasteiger partial charge in [-0.1, -0.05) is 0 Å². The smallest absolute Gasteiger partial charge is 0.364 e. The number of alkyl halides is 5. The molecule has 0 radical (unpaired) electrons. The third-order valence-electron chi connectivity index (χ3n) is 5.26. The van der Waals surface area contributed by atoms with Crippen LogP contribution in [0, 0.1) is 18.7 Å². The van der Waals surface area contributed by atoms with Gasteiger partial charge >= 0.3 is 6.18 Å². The molecule has 2 heterocycles. The van der Waals surface area contributed by atoms with Crippen molar-refractivity contribution < 1.29 is 35.9 Å². The van der Waals surface area contributed by atoms with E-state index in [-0.39, 0.29) is 19.4 Å². The van der Waals surface area contributed by atoms with Gasteiger partial charge in [0.25, 0.3) is 11.8 Å². The van der Waals surface area contributed by atoms with Crippen molar-refractivity contribution in [1.82, 2.24) is 14.8 Å². The van der Waals surface area contributed by atoms with Gasteiger partial charge < -0.3 is 11.1 Å². The third kappa shape index (κ3) is 4.86. The number of nitrogens with zero attached hydrogens (tertiary/aromatic N) is 3. The Bertz CT molecular complexity index is 1040. The summed E-state index contributed by atoms with van der Waals surface area (Å²) in [6.07, 6.45) is -4.73. The molecule has 0 atom stereocenters. The van der Waals surface area contributed by atoms with Gasteiger partial charge in [0.05, 0.1) is 11.4 Å². The maximum Gasteiger partial charge on any atom is 0.420 e. The van der Waals surface area contributed by atoms with E-state index in [1.165, 1.54) is 0 Å². The number of rotatable bonds is 5. The van der Waals surface area contributed by atoms with E-state index < -0.39 is 76.8 Å². The molecule has 0 saturated heterocycles. The van der Waals surface area contributed by atoms with E-state index in [1.54, 1.807) is 0 Å². The number of nitrogens with one attached hydrogen (secondary N) is 1. The lowest BCUT2D eigenvalue weighted by atomic mass is 9.87. The van der Waals surface area contributed by atoms with E-state index in [2.05, 4.69) is 10.1 Å². The van der Waals surface area contributed by atoms with Crippen molar-refractivity contribution in [2.45, 2.75) is 51.3 Å². The quantitative estimate of drug-likeness (QED) is 0.656. The van der Waals surface area contributed by atoms with Gasteiger partial charge in [-0.05, 0) is 31.7 Å². The Hall–Kier alpha value is -3.12. The molecule has 1 aliphatic rings. The SMILES string of the molecule is Cc1nn(CC2CCC(F)(F)CC2)c(C(=O)Nc2ccnc(C(N)=O)c2F)c1C(F)(F)F. The molecule has 1 fully saturated rings. The van der Waals surface area contributed by atoms with Gasteiger partial charge in [0, 0.05) is 25.6 Å². The van der Waals surface area contributed by atoms with Crippen LogP contribution in [0.2, 0.25) is 0 Å². The highest BCUT2D eigenvalue weighted by molar-refractivity contribution is 6.05. The molecule has 2 aromatic heterocycles. The molecule has 174 valence electrons. The zero-order valence-electron chi connectivity index (χ0n) is 16.8. The molecule has 7 nitrogen and oxygen atoms in total. The van der Waals surface area contributed by atoms with E-state index in [1.807, 2.05) is 5.32 Å². The fraction of sp³-hybridized carbons (Fsp3) is 0.474. The van der Waals surface area contributed by atoms with Crippen molar-refractivity contribution in [3.05, 3.63) is 40.7 Å². The van der Waals surface area contributed by atoms with Gasteiger partial charge in [0.1, 0.15) is 11.3 Å². The predicted octanol–water partition coefficient (Wildman–Crippen LogP) is 3.92. The molecule has 1 saturated carbocycles. The number of halogens is 6. The second-order valence-corrected chi connectivity index (χ2v) is 7.63. The Labute approximate surface area is 178 Å². The number of hydrogen-bond donors (Lipinski definition) is 2. The number of aryl methyl sites for hydroxylation is 1. The number of pyridine rings is 1. The molecular formula is C19H19F6N5O2. The average molecular weight is 463 g/mol. The van der Waals surface area contributed by atoms with Crippen LogP contribution in [-0.2, 0) is 12.7 Å². The number of aromatic nitrogens is 3. The fourth-order valence-corrected chi connectivity index (χ4v) is 3.70. The zero-order valence-corrected chi connectivity index (χ0v) is 16.8. The molecule has 2 amide bonds. The summed E-state index contributed by atoms with van der Waals surface area (Å²) in [5, 5.41) is 5.80. The monoisotopic (exact) mass is 463 g/mol. The maximum absolute atomic E-state index is 14.4. The first-order valence-electron chi connectivity index (χ1n) is 9.58. The summed E-state index contributed by atoms with van der Waals surface area (Å²) in [5.74, 6) is -7.12. The van der Waals surface area contributed by atoms with Gasteiger partial charge in [0.15, 0.2) is 11.5 Å². The molecule has 0 aliphatic heterocycles. The minimum absolute atomic E-state index is 0.0509. The van der Waals surface area contributed by atoms with Crippen molar-refractivity contribution in [1.29, 1.82) is 0 Å². The number of hydrogen-bond acceptors (Lipinski definition) is 4. The van der Waals surface area contributed by atoms with Crippen LogP contribution in [-0.4, -0.2) is 32.5 Å². The zero-order chi connectivity index (χ0) is 23.8. The predicted molar refractivity (Wildman–Crippen MR) is 99.5 cm³/mol. The normalized spacial score (nSPS) is 16.7. The molecule has 13 heteroatoms. The van der Waals surface area contributed by atoms with Crippen LogP contribution in [0.1, 0.15) is 57.9 Å². The Morgan fingerprint density at radius 1 is 1.28 bits per heavy atom. The Balaban J connectivity index is 1.96. The first-order valence-corrected chi connectivity index (χ1v) is 9.58. The minimum Gasteiger partial charge on any atom is -0.364 e. The number of primary amides is 1. The standard InChI is InChI=1S/C19H19F6N5O2/c1-9-12(19(23,24)25)15(30(29-9)8-10-2-5-18(21,22)6-3-10)17(32)28-11-4-7-27-14(13(11)20)16(26)31/h4,7,10H,2-3,5-6,8H2,1H3,(H2,26,31)(H,27,28,32). The molecular weight excluding hydrogens is 444 g/mol. The van der Waals surface area contributed by atoms with Gasteiger partial charge in [-0.15, -0.1) is 0 Å². The fourth-order valence-electron chi connectivity index (χ4n) is 3.70. The summed E-state index contributed by atoms with van der Waals surface area (Å²) in [6.45, 7) is 0.866. The Morgan fingerprint density at radius 2 is 1.91 bits per heavy atom. The van der Waals surface area contributed by atoms with Crippen LogP contribution in [0.4, 0.5) is 32.0 Å². The van der Waals surface area contributed by atoms with Gasteiger partial charge in [-0.2, -0.15) is 18.3 Å². The highest BCUT2D eigenvalue weighted by atomic mass is 19.4. The molecule has 3 rings (SSSR count). The summed E-state index contributed by atoms with van der Waals surface area (Å²) < 4.78 is 83.0. The van der Waals surface area contributed by atoms with Crippen molar-refractivity contribution in [3.63, 3.8) is 0 Å². The number of anilines is 1. The largest absolute Gasteiger partial charge is 0.420 e. The van der Waals surface area contributed by atoms with Crippen LogP contribution < -0.4 is 11.1 Å². The second kappa shape index (κ2) is 8.43. The highest BCUT2D eigenvalue weighted by Gasteiger charge is 2.42. The molecule has 2 aromatic rings. The summed E-state index contributed by atoms with van der Waals surface area (Å²) in [5.41, 5.74) is 0.892. The molecule has 32 heavy (non-hydrogen) atoms. The molecule has 0 bridgehead atoms. The van der Waals surface area contributed by atoms with E-state index in [4.69, 9.17) is 5.73 Å². The topological polar surface area (TPSA) is 103 Å². The van der Waals surface area contributed by atoms with E-state index in [0.717, 1.165) is 23.9 Å². The van der Waals surface area contributed by atoms with Crippen molar-refractivity contribution in [2.24, 2.45) is 11.7 Å². The lowest BCUT2D eigenvalue weighted by Crippen LogP contribution is -2.29. The van der Waals surface area contributed by atoms with Crippen LogP contribution in [0.3, 0.4) is 0 Å². The summed E-state index contributed by atoms with van der Waals surface area (Å²) >= 11 is 0. The minimum atomic E-state index is -4.95. The Morgan fingerprint density at radius 3 is 2.47 bits per heavy atom. The van der Waals surface area contributed by atoms with Crippen molar-refractivity contribution in [3.8, 4) is 0 Å². The molecule has 3 N–H and O–H groups in total. The maximum atomic E-state index is 14.4. The average Bonchev–Trinajstić information content (AvgIpc) is 3.01. The van der Waals surface area contributed by atoms with Gasteiger partial charge in [-0.25, -0.2) is 18.2 Å². The van der Waals surface area contributed by atoms with E-state index >= 15 is 0 Å². The van der Waals surface area contributed by atoms with Crippen LogP contribution in [0.5, 0.6) is 0 Å². The van der Waals surface area contributed by atoms with Gasteiger partial charge in [-0.3, -0.25) is 14.3 Å². The van der Waals surface area contributed by atoms with Crippen LogP contribution in [0.25, 0.3) is 0 Å². The first-order chi connectivity index (χ1) is 14.8. The van der Waals surface area contributed by atoms with Crippen LogP contribution in [0.15, 0.2) is 12.3 Å². The molecule has 0 unspecified atom stereocenters. The summed E-state index contributed by atoms with van der Waals surface area (Å²) in [4.78, 5) is 27.5. The van der Waals surface area contributed by atoms with Gasteiger partial charge in [0.2, 0.25) is 5.92 Å². The lowest BCUT2D eigenvalue weighted by molar-refractivity contribution is -0.138. The molecule has 0 aromatic carbocycles. The number of amides is 2. The van der Waals surface area contributed by atoms with Crippen molar-refractivity contribution >= 4 is 17.5 Å². The highest BCUT2D eigenvalue weighted by Crippen LogP contribution is 2.39. The number of carbonyl (C=O) groups excluding carboxylic acids is 2. The summed E-state index contributed by atoms with van der Waals surface area (Å²) in [7, 11) is 0. The first kappa shape index (κ1) is 23.5. The van der Waals surface area contributed by atoms with E-state index in [0.29, 0.717) is 0 Å². The lowest BCUT2D eigenvalue weighted by Gasteiger charge is -2.28. The number of nitrogens with two attached hydrogens (primary N) is 1. The van der Waals surface area contributed by atoms with Crippen molar-refractivity contribution in [2.75, 3.05) is 5.32 Å². The molecule has 1 aliphatic carbocycles. The second-order valence-electron chi connectivity index (χ2n) is 7.63. The van der Waals surface area contributed by atoms with Crippen LogP contribution >= 0.6 is 0 Å². The Kier molecular flexibility index (Phi) is 6.20. The molecule has 0 spiro atoms. The van der Waals surface area contributed by atoms with E-state index in [9.17, 15) is 35.9 Å². The summed E-state index contributed by atoms with van der Waals surface area (Å²) in [6, 6.07) is 0.948.